The van der Waals surface area contributed by atoms with Crippen molar-refractivity contribution >= 4 is 11.8 Å². The van der Waals surface area contributed by atoms with Gasteiger partial charge in [-0.2, -0.15) is 17.0 Å². The highest BCUT2D eigenvalue weighted by Gasteiger charge is 2.15. The zero-order valence-corrected chi connectivity index (χ0v) is 12.1. The Balaban J connectivity index is 3.38. The van der Waals surface area contributed by atoms with E-state index in [-0.39, 0.29) is 5.41 Å². The van der Waals surface area contributed by atoms with Crippen molar-refractivity contribution in [1.29, 1.82) is 5.26 Å². The van der Waals surface area contributed by atoms with Crippen LogP contribution in [-0.2, 0) is 0 Å². The summed E-state index contributed by atoms with van der Waals surface area (Å²) < 4.78 is 0. The molecular weight excluding hydrogens is 216 g/mol. The predicted molar refractivity (Wildman–Crippen MR) is 73.7 cm³/mol. The van der Waals surface area contributed by atoms with E-state index in [0.717, 1.165) is 25.9 Å². The standard InChI is InChI=1S/C13H26N2S/c1-5-15(6-2)9-11-16-10-7-8-13(3,4)12-14/h5-11H2,1-4H3. The molecule has 0 aromatic rings. The molecule has 0 bridgehead atoms. The van der Waals surface area contributed by atoms with Crippen molar-refractivity contribution in [2.75, 3.05) is 31.1 Å². The van der Waals surface area contributed by atoms with Gasteiger partial charge in [0.1, 0.15) is 0 Å². The van der Waals surface area contributed by atoms with E-state index < -0.39 is 0 Å². The van der Waals surface area contributed by atoms with Crippen molar-refractivity contribution in [2.45, 2.75) is 40.5 Å². The monoisotopic (exact) mass is 242 g/mol. The number of hydrogen-bond donors (Lipinski definition) is 0. The Kier molecular flexibility index (Phi) is 8.78. The van der Waals surface area contributed by atoms with Gasteiger partial charge in [0, 0.05) is 12.3 Å². The number of nitrogens with zero attached hydrogens (tertiary/aromatic N) is 2. The number of thioether (sulfide) groups is 1. The van der Waals surface area contributed by atoms with Crippen LogP contribution >= 0.6 is 11.8 Å². The van der Waals surface area contributed by atoms with Crippen LogP contribution in [0.1, 0.15) is 40.5 Å². The van der Waals surface area contributed by atoms with Crippen molar-refractivity contribution in [1.82, 2.24) is 4.90 Å². The van der Waals surface area contributed by atoms with Gasteiger partial charge in [0.05, 0.1) is 11.5 Å². The maximum atomic E-state index is 8.87. The van der Waals surface area contributed by atoms with Crippen LogP contribution in [0.15, 0.2) is 0 Å². The highest BCUT2D eigenvalue weighted by molar-refractivity contribution is 7.99. The van der Waals surface area contributed by atoms with E-state index in [1.807, 2.05) is 25.6 Å². The minimum Gasteiger partial charge on any atom is -0.303 e. The van der Waals surface area contributed by atoms with Crippen molar-refractivity contribution in [3.63, 3.8) is 0 Å². The lowest BCUT2D eigenvalue weighted by Crippen LogP contribution is -2.25. The molecule has 0 saturated carbocycles. The molecule has 0 heterocycles. The molecule has 0 aromatic carbocycles. The van der Waals surface area contributed by atoms with Crippen molar-refractivity contribution in [3.05, 3.63) is 0 Å². The third kappa shape index (κ3) is 8.01. The van der Waals surface area contributed by atoms with Gasteiger partial charge in [-0.25, -0.2) is 0 Å². The van der Waals surface area contributed by atoms with E-state index >= 15 is 0 Å². The molecule has 0 radical (unpaired) electrons. The summed E-state index contributed by atoms with van der Waals surface area (Å²) in [5.74, 6) is 2.40. The average Bonchev–Trinajstić information content (AvgIpc) is 2.28. The number of rotatable bonds is 9. The van der Waals surface area contributed by atoms with E-state index in [4.69, 9.17) is 5.26 Å². The Labute approximate surface area is 105 Å². The third-order valence-electron chi connectivity index (χ3n) is 2.84. The van der Waals surface area contributed by atoms with Gasteiger partial charge in [-0.3, -0.25) is 0 Å². The zero-order valence-electron chi connectivity index (χ0n) is 11.3. The summed E-state index contributed by atoms with van der Waals surface area (Å²) in [4.78, 5) is 2.45. The van der Waals surface area contributed by atoms with Crippen molar-refractivity contribution in [2.24, 2.45) is 5.41 Å². The molecule has 94 valence electrons. The van der Waals surface area contributed by atoms with E-state index in [1.54, 1.807) is 0 Å². The summed E-state index contributed by atoms with van der Waals surface area (Å²) in [6, 6.07) is 2.35. The fourth-order valence-electron chi connectivity index (χ4n) is 1.51. The topological polar surface area (TPSA) is 27.0 Å². The Morgan fingerprint density at radius 1 is 1.19 bits per heavy atom. The summed E-state index contributed by atoms with van der Waals surface area (Å²) in [6.07, 6.45) is 2.17. The Hall–Kier alpha value is -0.200. The third-order valence-corrected chi connectivity index (χ3v) is 3.89. The molecule has 0 amide bonds. The van der Waals surface area contributed by atoms with Crippen LogP contribution in [0.2, 0.25) is 0 Å². The minimum atomic E-state index is -0.139. The Bertz CT molecular complexity index is 204. The fourth-order valence-corrected chi connectivity index (χ4v) is 2.45. The molecule has 0 aliphatic heterocycles. The first-order chi connectivity index (χ1) is 7.55. The highest BCUT2D eigenvalue weighted by atomic mass is 32.2. The summed E-state index contributed by atoms with van der Waals surface area (Å²) >= 11 is 2.01. The van der Waals surface area contributed by atoms with E-state index in [2.05, 4.69) is 24.8 Å². The second kappa shape index (κ2) is 8.90. The van der Waals surface area contributed by atoms with Crippen LogP contribution in [0.3, 0.4) is 0 Å². The lowest BCUT2D eigenvalue weighted by Gasteiger charge is -2.18. The van der Waals surface area contributed by atoms with Crippen molar-refractivity contribution < 1.29 is 0 Å². The molecule has 3 heteroatoms. The van der Waals surface area contributed by atoms with Crippen LogP contribution in [0.4, 0.5) is 0 Å². The van der Waals surface area contributed by atoms with E-state index in [1.165, 1.54) is 18.1 Å². The largest absolute Gasteiger partial charge is 0.303 e. The lowest BCUT2D eigenvalue weighted by atomic mass is 9.90. The zero-order chi connectivity index (χ0) is 12.4. The summed E-state index contributed by atoms with van der Waals surface area (Å²) in [7, 11) is 0. The minimum absolute atomic E-state index is 0.139. The van der Waals surface area contributed by atoms with Crippen LogP contribution in [0, 0.1) is 16.7 Å². The molecule has 2 nitrogen and oxygen atoms in total. The van der Waals surface area contributed by atoms with Gasteiger partial charge < -0.3 is 4.90 Å². The summed E-state index contributed by atoms with van der Waals surface area (Å²) in [5, 5.41) is 8.87. The van der Waals surface area contributed by atoms with Gasteiger partial charge in [-0.15, -0.1) is 0 Å². The van der Waals surface area contributed by atoms with Gasteiger partial charge in [-0.1, -0.05) is 13.8 Å². The highest BCUT2D eigenvalue weighted by Crippen LogP contribution is 2.21. The number of nitriles is 1. The molecule has 0 aliphatic carbocycles. The van der Waals surface area contributed by atoms with E-state index in [0.29, 0.717) is 0 Å². The molecule has 0 aliphatic rings. The lowest BCUT2D eigenvalue weighted by molar-refractivity contribution is 0.324. The van der Waals surface area contributed by atoms with E-state index in [9.17, 15) is 0 Å². The molecule has 0 N–H and O–H groups in total. The van der Waals surface area contributed by atoms with Crippen LogP contribution in [0.25, 0.3) is 0 Å². The molecule has 0 atom stereocenters. The molecule has 0 rings (SSSR count). The average molecular weight is 242 g/mol. The molecule has 0 unspecified atom stereocenters. The molecule has 0 saturated heterocycles. The van der Waals surface area contributed by atoms with Crippen molar-refractivity contribution in [3.8, 4) is 6.07 Å². The predicted octanol–water partition coefficient (Wildman–Crippen LogP) is 3.39. The van der Waals surface area contributed by atoms with Crippen LogP contribution in [-0.4, -0.2) is 36.0 Å². The van der Waals surface area contributed by atoms with Gasteiger partial charge in [-0.05, 0) is 45.5 Å². The molecule has 16 heavy (non-hydrogen) atoms. The van der Waals surface area contributed by atoms with Gasteiger partial charge in [0.15, 0.2) is 0 Å². The summed E-state index contributed by atoms with van der Waals surface area (Å²) in [6.45, 7) is 12.0. The first-order valence-electron chi connectivity index (χ1n) is 6.27. The SMILES string of the molecule is CCN(CC)CCSCCCC(C)(C)C#N. The normalized spacial score (nSPS) is 11.8. The quantitative estimate of drug-likeness (QED) is 0.580. The second-order valence-electron chi connectivity index (χ2n) is 4.74. The first kappa shape index (κ1) is 15.8. The maximum absolute atomic E-state index is 8.87. The molecule has 0 spiro atoms. The first-order valence-corrected chi connectivity index (χ1v) is 7.42. The molecule has 0 fully saturated rings. The van der Waals surface area contributed by atoms with Gasteiger partial charge in [0.25, 0.3) is 0 Å². The fraction of sp³-hybridized carbons (Fsp3) is 0.923. The molecular formula is C13H26N2S. The maximum Gasteiger partial charge on any atom is 0.0683 e. The van der Waals surface area contributed by atoms with Gasteiger partial charge in [0.2, 0.25) is 0 Å². The molecule has 0 aromatic heterocycles. The number of hydrogen-bond acceptors (Lipinski definition) is 3. The Morgan fingerprint density at radius 3 is 2.31 bits per heavy atom. The van der Waals surface area contributed by atoms with Gasteiger partial charge >= 0.3 is 0 Å². The second-order valence-corrected chi connectivity index (χ2v) is 5.96. The summed E-state index contributed by atoms with van der Waals surface area (Å²) in [5.41, 5.74) is -0.139. The van der Waals surface area contributed by atoms with Crippen LogP contribution < -0.4 is 0 Å². The smallest absolute Gasteiger partial charge is 0.0683 e. The van der Waals surface area contributed by atoms with Crippen LogP contribution in [0.5, 0.6) is 0 Å². The Morgan fingerprint density at radius 2 is 1.81 bits per heavy atom.